The lowest BCUT2D eigenvalue weighted by Crippen LogP contribution is -2.41. The molecule has 4 aromatic rings. The predicted molar refractivity (Wildman–Crippen MR) is 139 cm³/mol. The molecule has 0 aliphatic heterocycles. The number of ether oxygens (including phenoxy) is 1. The highest BCUT2D eigenvalue weighted by Gasteiger charge is 2.29. The summed E-state index contributed by atoms with van der Waals surface area (Å²) < 4.78 is 5.70. The molecule has 1 amide bonds. The zero-order chi connectivity index (χ0) is 23.9. The normalized spacial score (nSPS) is 12.5. The maximum Gasteiger partial charge on any atom is 0.413 e. The van der Waals surface area contributed by atoms with Gasteiger partial charge >= 0.3 is 6.09 Å². The molecule has 0 atom stereocenters. The average molecular weight is 462 g/mol. The predicted octanol–water partition coefficient (Wildman–Crippen LogP) is 5.87. The van der Waals surface area contributed by atoms with Crippen LogP contribution in [0.4, 0.5) is 4.79 Å². The van der Waals surface area contributed by atoms with Crippen LogP contribution < -0.4 is 10.6 Å². The van der Waals surface area contributed by atoms with Gasteiger partial charge in [0.25, 0.3) is 0 Å². The van der Waals surface area contributed by atoms with E-state index in [1.807, 2.05) is 84.9 Å². The molecule has 4 aromatic carbocycles. The number of hydrogen-bond acceptors (Lipinski definition) is 3. The summed E-state index contributed by atoms with van der Waals surface area (Å²) in [6.45, 7) is 1.24. The third-order valence-electron chi connectivity index (χ3n) is 6.13. The molecular weight excluding hydrogens is 434 g/mol. The molecule has 0 bridgehead atoms. The third-order valence-corrected chi connectivity index (χ3v) is 6.13. The van der Waals surface area contributed by atoms with E-state index < -0.39 is 6.09 Å². The molecule has 2 N–H and O–H groups in total. The third kappa shape index (κ3) is 5.41. The van der Waals surface area contributed by atoms with Crippen molar-refractivity contribution < 1.29 is 9.53 Å². The number of alkyl carbamates (subject to hydrolysis) is 1. The van der Waals surface area contributed by atoms with Crippen LogP contribution in [0.15, 0.2) is 114 Å². The van der Waals surface area contributed by atoms with Crippen LogP contribution in [0.2, 0.25) is 0 Å². The van der Waals surface area contributed by atoms with E-state index in [1.54, 1.807) is 0 Å². The van der Waals surface area contributed by atoms with Gasteiger partial charge in [-0.2, -0.15) is 0 Å². The minimum atomic E-state index is -0.528. The number of aliphatic imine (C=N–C) groups is 1. The van der Waals surface area contributed by atoms with E-state index >= 15 is 0 Å². The molecule has 1 aliphatic carbocycles. The number of rotatable bonds is 6. The molecule has 5 heteroatoms. The van der Waals surface area contributed by atoms with Crippen LogP contribution in [-0.2, 0) is 17.8 Å². The Kier molecular flexibility index (Phi) is 6.85. The highest BCUT2D eigenvalue weighted by Crippen LogP contribution is 2.44. The molecule has 35 heavy (non-hydrogen) atoms. The van der Waals surface area contributed by atoms with Gasteiger partial charge in [0.1, 0.15) is 6.61 Å². The summed E-state index contributed by atoms with van der Waals surface area (Å²) in [5, 5.41) is 6.04. The molecule has 0 spiro atoms. The Labute approximate surface area is 205 Å². The van der Waals surface area contributed by atoms with E-state index in [2.05, 4.69) is 39.9 Å². The summed E-state index contributed by atoms with van der Waals surface area (Å²) in [5.74, 6) is 0.394. The maximum atomic E-state index is 12.8. The second-order valence-electron chi connectivity index (χ2n) is 8.44. The molecule has 0 unspecified atom stereocenters. The minimum Gasteiger partial charge on any atom is -0.448 e. The Bertz CT molecular complexity index is 1270. The van der Waals surface area contributed by atoms with Gasteiger partial charge in [0, 0.05) is 12.5 Å². The number of benzene rings is 4. The van der Waals surface area contributed by atoms with Crippen LogP contribution in [0.5, 0.6) is 0 Å². The summed E-state index contributed by atoms with van der Waals surface area (Å²) in [6.07, 6.45) is -0.528. The van der Waals surface area contributed by atoms with Gasteiger partial charge in [0.15, 0.2) is 0 Å². The number of nitrogens with one attached hydrogen (secondary N) is 2. The summed E-state index contributed by atoms with van der Waals surface area (Å²) in [5.41, 5.74) is 6.91. The van der Waals surface area contributed by atoms with E-state index in [4.69, 9.17) is 4.74 Å². The topological polar surface area (TPSA) is 62.7 Å². The lowest BCUT2D eigenvalue weighted by Gasteiger charge is -2.16. The standard InChI is InChI=1S/C30H27N3O2/c34-30(35-21-28-26-17-9-7-15-24(26)25-16-8-10-18-27(25)28)33-29(31-19-22-11-3-1-4-12-22)32-20-23-13-5-2-6-14-23/h1-18,28H,19-21H2,(H2,31,32,33,34). The van der Waals surface area contributed by atoms with Crippen LogP contribution in [0.3, 0.4) is 0 Å². The van der Waals surface area contributed by atoms with Gasteiger partial charge in [-0.1, -0.05) is 109 Å². The largest absolute Gasteiger partial charge is 0.448 e. The second kappa shape index (κ2) is 10.7. The number of amides is 1. The van der Waals surface area contributed by atoms with Gasteiger partial charge in [0.05, 0.1) is 6.54 Å². The zero-order valence-electron chi connectivity index (χ0n) is 19.4. The monoisotopic (exact) mass is 461 g/mol. The summed E-state index contributed by atoms with van der Waals surface area (Å²) in [6, 6.07) is 36.5. The zero-order valence-corrected chi connectivity index (χ0v) is 19.4. The van der Waals surface area contributed by atoms with Crippen LogP contribution in [0.25, 0.3) is 11.1 Å². The summed E-state index contributed by atoms with van der Waals surface area (Å²) in [7, 11) is 0. The first kappa shape index (κ1) is 22.4. The highest BCUT2D eigenvalue weighted by molar-refractivity contribution is 5.94. The molecular formula is C30H27N3O2. The fraction of sp³-hybridized carbons (Fsp3) is 0.133. The Morgan fingerprint density at radius 3 is 1.89 bits per heavy atom. The Morgan fingerprint density at radius 2 is 1.26 bits per heavy atom. The number of fused-ring (bicyclic) bond motifs is 3. The van der Waals surface area contributed by atoms with Gasteiger partial charge < -0.3 is 10.1 Å². The highest BCUT2D eigenvalue weighted by atomic mass is 16.5. The van der Waals surface area contributed by atoms with Gasteiger partial charge in [-0.3, -0.25) is 5.32 Å². The number of nitrogens with zero attached hydrogens (tertiary/aromatic N) is 1. The maximum absolute atomic E-state index is 12.8. The first-order valence-electron chi connectivity index (χ1n) is 11.8. The molecule has 0 saturated carbocycles. The molecule has 5 nitrogen and oxygen atoms in total. The first-order chi connectivity index (χ1) is 17.3. The lowest BCUT2D eigenvalue weighted by atomic mass is 9.98. The van der Waals surface area contributed by atoms with E-state index in [0.29, 0.717) is 19.0 Å². The van der Waals surface area contributed by atoms with Crippen LogP contribution in [0.1, 0.15) is 28.2 Å². The van der Waals surface area contributed by atoms with E-state index in [-0.39, 0.29) is 12.5 Å². The number of carbonyl (C=O) groups is 1. The van der Waals surface area contributed by atoms with Crippen molar-refractivity contribution in [3.63, 3.8) is 0 Å². The number of guanidine groups is 1. The van der Waals surface area contributed by atoms with Crippen molar-refractivity contribution in [1.82, 2.24) is 10.6 Å². The molecule has 0 heterocycles. The lowest BCUT2D eigenvalue weighted by molar-refractivity contribution is 0.148. The molecule has 0 fully saturated rings. The minimum absolute atomic E-state index is 0.00938. The smallest absolute Gasteiger partial charge is 0.413 e. The molecule has 5 rings (SSSR count). The Morgan fingerprint density at radius 1 is 0.714 bits per heavy atom. The second-order valence-corrected chi connectivity index (χ2v) is 8.44. The quantitative estimate of drug-likeness (QED) is 0.279. The fourth-order valence-electron chi connectivity index (χ4n) is 4.41. The van der Waals surface area contributed by atoms with Crippen molar-refractivity contribution in [2.24, 2.45) is 4.99 Å². The Hall–Kier alpha value is -4.38. The van der Waals surface area contributed by atoms with E-state index in [1.165, 1.54) is 22.3 Å². The van der Waals surface area contributed by atoms with Crippen molar-refractivity contribution in [1.29, 1.82) is 0 Å². The average Bonchev–Trinajstić information content (AvgIpc) is 3.24. The first-order valence-corrected chi connectivity index (χ1v) is 11.8. The number of hydrogen-bond donors (Lipinski definition) is 2. The summed E-state index contributed by atoms with van der Waals surface area (Å²) in [4.78, 5) is 17.4. The SMILES string of the molecule is O=C(NC(=NCc1ccccc1)NCc1ccccc1)OCC1c2ccccc2-c2ccccc21. The van der Waals surface area contributed by atoms with Gasteiger partial charge in [0.2, 0.25) is 5.96 Å². The van der Waals surface area contributed by atoms with Crippen molar-refractivity contribution in [2.75, 3.05) is 6.61 Å². The van der Waals surface area contributed by atoms with E-state index in [9.17, 15) is 4.79 Å². The van der Waals surface area contributed by atoms with E-state index in [0.717, 1.165) is 11.1 Å². The fourth-order valence-corrected chi connectivity index (χ4v) is 4.41. The molecule has 0 aromatic heterocycles. The van der Waals surface area contributed by atoms with Crippen molar-refractivity contribution in [2.45, 2.75) is 19.0 Å². The molecule has 1 aliphatic rings. The van der Waals surface area contributed by atoms with Gasteiger partial charge in [-0.25, -0.2) is 9.79 Å². The van der Waals surface area contributed by atoms with Gasteiger partial charge in [-0.05, 0) is 33.4 Å². The van der Waals surface area contributed by atoms with Crippen LogP contribution in [-0.4, -0.2) is 18.7 Å². The van der Waals surface area contributed by atoms with Crippen LogP contribution >= 0.6 is 0 Å². The van der Waals surface area contributed by atoms with Gasteiger partial charge in [-0.15, -0.1) is 0 Å². The van der Waals surface area contributed by atoms with Crippen molar-refractivity contribution >= 4 is 12.1 Å². The molecule has 0 saturated heterocycles. The Balaban J connectivity index is 1.26. The van der Waals surface area contributed by atoms with Crippen LogP contribution in [0, 0.1) is 0 Å². The number of carbonyl (C=O) groups excluding carboxylic acids is 1. The molecule has 0 radical (unpaired) electrons. The summed E-state index contributed by atoms with van der Waals surface area (Å²) >= 11 is 0. The van der Waals surface area contributed by atoms with Crippen molar-refractivity contribution in [3.8, 4) is 11.1 Å². The molecule has 174 valence electrons. The van der Waals surface area contributed by atoms with Crippen molar-refractivity contribution in [3.05, 3.63) is 131 Å².